The molecule has 1 amide bonds. The van der Waals surface area contributed by atoms with Crippen molar-refractivity contribution in [1.29, 1.82) is 0 Å². The van der Waals surface area contributed by atoms with E-state index in [-0.39, 0.29) is 11.7 Å². The van der Waals surface area contributed by atoms with E-state index in [0.29, 0.717) is 41.6 Å². The van der Waals surface area contributed by atoms with Gasteiger partial charge < -0.3 is 14.8 Å². The van der Waals surface area contributed by atoms with Crippen LogP contribution in [0.2, 0.25) is 0 Å². The predicted octanol–water partition coefficient (Wildman–Crippen LogP) is 2.86. The highest BCUT2D eigenvalue weighted by Gasteiger charge is 2.09. The second-order valence-electron chi connectivity index (χ2n) is 5.05. The van der Waals surface area contributed by atoms with Gasteiger partial charge >= 0.3 is 0 Å². The first-order valence-corrected chi connectivity index (χ1v) is 8.23. The second kappa shape index (κ2) is 8.39. The van der Waals surface area contributed by atoms with Crippen molar-refractivity contribution in [2.24, 2.45) is 0 Å². The van der Waals surface area contributed by atoms with Crippen LogP contribution in [0.3, 0.4) is 0 Å². The molecule has 0 fully saturated rings. The normalized spacial score (nSPS) is 10.3. The zero-order chi connectivity index (χ0) is 17.5. The third-order valence-corrected chi connectivity index (χ3v) is 3.90. The minimum absolute atomic E-state index is 0.0385. The van der Waals surface area contributed by atoms with E-state index in [2.05, 4.69) is 15.5 Å². The SMILES string of the molecule is COc1cc(C(C)=O)ccc1OCCCC(=O)Nc1nnc(C)s1. The minimum Gasteiger partial charge on any atom is -0.493 e. The number of aryl methyl sites for hydroxylation is 1. The molecule has 0 radical (unpaired) electrons. The van der Waals surface area contributed by atoms with Crippen molar-refractivity contribution in [1.82, 2.24) is 10.2 Å². The van der Waals surface area contributed by atoms with Crippen LogP contribution < -0.4 is 14.8 Å². The first kappa shape index (κ1) is 17.9. The Kier molecular flexibility index (Phi) is 6.25. The Morgan fingerprint density at radius 2 is 2.04 bits per heavy atom. The molecule has 1 N–H and O–H groups in total. The van der Waals surface area contributed by atoms with Gasteiger partial charge in [-0.25, -0.2) is 0 Å². The number of hydrogen-bond donors (Lipinski definition) is 1. The van der Waals surface area contributed by atoms with Gasteiger partial charge in [-0.1, -0.05) is 11.3 Å². The van der Waals surface area contributed by atoms with E-state index < -0.39 is 0 Å². The van der Waals surface area contributed by atoms with Crippen LogP contribution in [0.5, 0.6) is 11.5 Å². The summed E-state index contributed by atoms with van der Waals surface area (Å²) in [6.45, 7) is 3.68. The number of aromatic nitrogens is 2. The number of carbonyl (C=O) groups is 2. The predicted molar refractivity (Wildman–Crippen MR) is 91.0 cm³/mol. The van der Waals surface area contributed by atoms with Gasteiger partial charge in [0.25, 0.3) is 0 Å². The first-order valence-electron chi connectivity index (χ1n) is 7.41. The molecule has 1 aromatic heterocycles. The number of anilines is 1. The third-order valence-electron chi connectivity index (χ3n) is 3.15. The summed E-state index contributed by atoms with van der Waals surface area (Å²) in [6.07, 6.45) is 0.855. The molecule has 1 heterocycles. The van der Waals surface area contributed by atoms with Crippen LogP contribution in [-0.4, -0.2) is 35.6 Å². The molecule has 0 aliphatic rings. The van der Waals surface area contributed by atoms with Crippen molar-refractivity contribution in [2.75, 3.05) is 19.0 Å². The molecule has 24 heavy (non-hydrogen) atoms. The fraction of sp³-hybridized carbons (Fsp3) is 0.375. The van der Waals surface area contributed by atoms with Gasteiger partial charge in [0.05, 0.1) is 13.7 Å². The lowest BCUT2D eigenvalue weighted by Gasteiger charge is -2.11. The molecular formula is C16H19N3O4S. The number of ketones is 1. The van der Waals surface area contributed by atoms with Crippen molar-refractivity contribution >= 4 is 28.2 Å². The van der Waals surface area contributed by atoms with Crippen LogP contribution >= 0.6 is 11.3 Å². The number of nitrogens with one attached hydrogen (secondary N) is 1. The van der Waals surface area contributed by atoms with Crippen LogP contribution in [0, 0.1) is 6.92 Å². The van der Waals surface area contributed by atoms with Crippen molar-refractivity contribution < 1.29 is 19.1 Å². The number of Topliss-reactive ketones (excluding diaryl/α,β-unsaturated/α-hetero) is 1. The molecule has 0 bridgehead atoms. The van der Waals surface area contributed by atoms with E-state index in [1.165, 1.54) is 25.4 Å². The van der Waals surface area contributed by atoms with E-state index in [9.17, 15) is 9.59 Å². The summed E-state index contributed by atoms with van der Waals surface area (Å²) in [4.78, 5) is 23.1. The number of benzene rings is 1. The fourth-order valence-electron chi connectivity index (χ4n) is 1.95. The Labute approximate surface area is 144 Å². The number of rotatable bonds is 8. The van der Waals surface area contributed by atoms with E-state index >= 15 is 0 Å². The molecule has 0 aliphatic heterocycles. The van der Waals surface area contributed by atoms with Crippen LogP contribution in [0.25, 0.3) is 0 Å². The topological polar surface area (TPSA) is 90.4 Å². The Hall–Kier alpha value is -2.48. The Morgan fingerprint density at radius 3 is 2.67 bits per heavy atom. The largest absolute Gasteiger partial charge is 0.493 e. The highest BCUT2D eigenvalue weighted by atomic mass is 32.1. The van der Waals surface area contributed by atoms with Gasteiger partial charge in [-0.3, -0.25) is 9.59 Å². The maximum atomic E-state index is 11.8. The van der Waals surface area contributed by atoms with E-state index in [1.54, 1.807) is 18.2 Å². The van der Waals surface area contributed by atoms with Gasteiger partial charge in [0.1, 0.15) is 5.01 Å². The summed E-state index contributed by atoms with van der Waals surface area (Å²) in [5, 5.41) is 11.7. The maximum absolute atomic E-state index is 11.8. The van der Waals surface area contributed by atoms with Crippen molar-refractivity contribution in [3.05, 3.63) is 28.8 Å². The average molecular weight is 349 g/mol. The number of carbonyl (C=O) groups excluding carboxylic acids is 2. The minimum atomic E-state index is -0.131. The lowest BCUT2D eigenvalue weighted by molar-refractivity contribution is -0.116. The standard InChI is InChI=1S/C16H19N3O4S/c1-10(20)12-6-7-13(14(9-12)22-3)23-8-4-5-15(21)17-16-19-18-11(2)24-16/h6-7,9H,4-5,8H2,1-3H3,(H,17,19,21). The van der Waals surface area contributed by atoms with Crippen LogP contribution in [0.15, 0.2) is 18.2 Å². The summed E-state index contributed by atoms with van der Waals surface area (Å²) in [5.74, 6) is 0.871. The molecule has 128 valence electrons. The molecule has 0 spiro atoms. The monoisotopic (exact) mass is 349 g/mol. The molecule has 2 rings (SSSR count). The van der Waals surface area contributed by atoms with Gasteiger partial charge in [-0.2, -0.15) is 0 Å². The molecule has 0 atom stereocenters. The summed E-state index contributed by atoms with van der Waals surface area (Å²) in [5.41, 5.74) is 0.561. The molecule has 8 heteroatoms. The summed E-state index contributed by atoms with van der Waals surface area (Å²) in [6, 6.07) is 5.02. The quantitative estimate of drug-likeness (QED) is 0.582. The van der Waals surface area contributed by atoms with Crippen molar-refractivity contribution in [3.8, 4) is 11.5 Å². The number of ether oxygens (including phenoxy) is 2. The smallest absolute Gasteiger partial charge is 0.226 e. The first-order chi connectivity index (χ1) is 11.5. The zero-order valence-corrected chi connectivity index (χ0v) is 14.6. The van der Waals surface area contributed by atoms with Crippen molar-refractivity contribution in [3.63, 3.8) is 0 Å². The van der Waals surface area contributed by atoms with Gasteiger partial charge in [0.2, 0.25) is 11.0 Å². The van der Waals surface area contributed by atoms with Crippen LogP contribution in [-0.2, 0) is 4.79 Å². The lowest BCUT2D eigenvalue weighted by atomic mass is 10.1. The summed E-state index contributed by atoms with van der Waals surface area (Å²) < 4.78 is 10.9. The molecule has 0 saturated carbocycles. The molecule has 7 nitrogen and oxygen atoms in total. The maximum Gasteiger partial charge on any atom is 0.226 e. The second-order valence-corrected chi connectivity index (χ2v) is 6.23. The Balaban J connectivity index is 1.79. The lowest BCUT2D eigenvalue weighted by Crippen LogP contribution is -2.12. The number of hydrogen-bond acceptors (Lipinski definition) is 7. The molecule has 2 aromatic rings. The number of amides is 1. The molecule has 0 aliphatic carbocycles. The average Bonchev–Trinajstić information content (AvgIpc) is 2.96. The third kappa shape index (κ3) is 5.02. The van der Waals surface area contributed by atoms with Gasteiger partial charge in [-0.05, 0) is 38.5 Å². The summed E-state index contributed by atoms with van der Waals surface area (Å²) >= 11 is 1.33. The highest BCUT2D eigenvalue weighted by molar-refractivity contribution is 7.15. The Bertz CT molecular complexity index is 730. The Morgan fingerprint density at radius 1 is 1.25 bits per heavy atom. The number of methoxy groups -OCH3 is 1. The molecular weight excluding hydrogens is 330 g/mol. The fourth-order valence-corrected chi connectivity index (χ4v) is 2.56. The molecule has 0 saturated heterocycles. The van der Waals surface area contributed by atoms with Gasteiger partial charge in [0, 0.05) is 12.0 Å². The van der Waals surface area contributed by atoms with Gasteiger partial charge in [-0.15, -0.1) is 10.2 Å². The van der Waals surface area contributed by atoms with E-state index in [0.717, 1.165) is 5.01 Å². The van der Waals surface area contributed by atoms with Gasteiger partial charge in [0.15, 0.2) is 17.3 Å². The zero-order valence-electron chi connectivity index (χ0n) is 13.8. The summed E-state index contributed by atoms with van der Waals surface area (Å²) in [7, 11) is 1.52. The van der Waals surface area contributed by atoms with E-state index in [1.807, 2.05) is 6.92 Å². The van der Waals surface area contributed by atoms with Crippen molar-refractivity contribution in [2.45, 2.75) is 26.7 Å². The van der Waals surface area contributed by atoms with E-state index in [4.69, 9.17) is 9.47 Å². The van der Waals surface area contributed by atoms with Crippen LogP contribution in [0.4, 0.5) is 5.13 Å². The highest BCUT2D eigenvalue weighted by Crippen LogP contribution is 2.28. The molecule has 0 unspecified atom stereocenters. The van der Waals surface area contributed by atoms with Crippen LogP contribution in [0.1, 0.15) is 35.1 Å². The number of nitrogens with zero attached hydrogens (tertiary/aromatic N) is 2. The molecule has 1 aromatic carbocycles.